The molecular formula is C17H16Cl2N2O4. The van der Waals surface area contributed by atoms with E-state index in [1.807, 2.05) is 12.1 Å². The molecule has 0 aromatic heterocycles. The van der Waals surface area contributed by atoms with Crippen molar-refractivity contribution in [1.82, 2.24) is 0 Å². The van der Waals surface area contributed by atoms with Gasteiger partial charge in [-0.3, -0.25) is 14.9 Å². The van der Waals surface area contributed by atoms with Crippen molar-refractivity contribution >= 4 is 40.5 Å². The summed E-state index contributed by atoms with van der Waals surface area (Å²) in [6, 6.07) is 9.77. The van der Waals surface area contributed by atoms with Crippen molar-refractivity contribution in [2.45, 2.75) is 19.8 Å². The van der Waals surface area contributed by atoms with Gasteiger partial charge in [-0.25, -0.2) is 0 Å². The summed E-state index contributed by atoms with van der Waals surface area (Å²) in [4.78, 5) is 22.1. The van der Waals surface area contributed by atoms with Crippen LogP contribution in [0.4, 0.5) is 11.4 Å². The number of nitrogens with zero attached hydrogens (tertiary/aromatic N) is 1. The highest BCUT2D eigenvalue weighted by molar-refractivity contribution is 6.37. The third-order valence-corrected chi connectivity index (χ3v) is 4.04. The molecule has 0 saturated carbocycles. The van der Waals surface area contributed by atoms with Crippen molar-refractivity contribution in [1.29, 1.82) is 0 Å². The number of nitro benzene ring substituents is 1. The van der Waals surface area contributed by atoms with Crippen LogP contribution >= 0.6 is 23.2 Å². The lowest BCUT2D eigenvalue weighted by molar-refractivity contribution is -0.384. The Labute approximate surface area is 154 Å². The molecule has 0 atom stereocenters. The average molecular weight is 383 g/mol. The molecule has 0 heterocycles. The predicted octanol–water partition coefficient (Wildman–Crippen LogP) is 5.04. The Kier molecular flexibility index (Phi) is 6.22. The maximum absolute atomic E-state index is 12.0. The summed E-state index contributed by atoms with van der Waals surface area (Å²) in [5, 5.41) is 13.2. The van der Waals surface area contributed by atoms with Gasteiger partial charge >= 0.3 is 0 Å². The van der Waals surface area contributed by atoms with Crippen LogP contribution < -0.4 is 10.1 Å². The summed E-state index contributed by atoms with van der Waals surface area (Å²) < 4.78 is 5.41. The maximum Gasteiger partial charge on any atom is 0.289 e. The minimum absolute atomic E-state index is 0.0192. The summed E-state index contributed by atoms with van der Waals surface area (Å²) in [6.07, 6.45) is 0. The minimum atomic E-state index is -0.649. The van der Waals surface area contributed by atoms with E-state index in [9.17, 15) is 14.9 Å². The second-order valence-electron chi connectivity index (χ2n) is 5.60. The first kappa shape index (κ1) is 19.0. The van der Waals surface area contributed by atoms with Gasteiger partial charge in [-0.1, -0.05) is 49.2 Å². The number of nitro groups is 1. The van der Waals surface area contributed by atoms with E-state index in [-0.39, 0.29) is 28.0 Å². The molecule has 25 heavy (non-hydrogen) atoms. The van der Waals surface area contributed by atoms with Gasteiger partial charge in [0.05, 0.1) is 15.6 Å². The second kappa shape index (κ2) is 8.18. The Morgan fingerprint density at radius 2 is 1.84 bits per heavy atom. The van der Waals surface area contributed by atoms with E-state index in [1.165, 1.54) is 11.6 Å². The predicted molar refractivity (Wildman–Crippen MR) is 97.8 cm³/mol. The van der Waals surface area contributed by atoms with Crippen LogP contribution in [0.25, 0.3) is 0 Å². The summed E-state index contributed by atoms with van der Waals surface area (Å²) in [7, 11) is 0. The molecule has 2 rings (SSSR count). The van der Waals surface area contributed by atoms with Crippen LogP contribution in [0.2, 0.25) is 10.0 Å². The van der Waals surface area contributed by atoms with Gasteiger partial charge in [0.2, 0.25) is 0 Å². The van der Waals surface area contributed by atoms with E-state index in [0.29, 0.717) is 11.7 Å². The van der Waals surface area contributed by atoms with Crippen LogP contribution in [0.3, 0.4) is 0 Å². The van der Waals surface area contributed by atoms with Crippen LogP contribution in [0.15, 0.2) is 36.4 Å². The fraction of sp³-hybridized carbons (Fsp3) is 0.235. The number of rotatable bonds is 6. The molecule has 0 radical (unpaired) electrons. The molecule has 0 aliphatic carbocycles. The molecule has 0 aliphatic heterocycles. The van der Waals surface area contributed by atoms with Gasteiger partial charge in [0.15, 0.2) is 6.61 Å². The lowest BCUT2D eigenvalue weighted by Gasteiger charge is -2.10. The molecule has 8 heteroatoms. The molecule has 2 aromatic rings. The Morgan fingerprint density at radius 1 is 1.20 bits per heavy atom. The number of hydrogen-bond donors (Lipinski definition) is 1. The summed E-state index contributed by atoms with van der Waals surface area (Å²) in [6.45, 7) is 3.94. The van der Waals surface area contributed by atoms with Gasteiger partial charge in [-0.15, -0.1) is 0 Å². The molecule has 0 saturated heterocycles. The lowest BCUT2D eigenvalue weighted by Crippen LogP contribution is -2.20. The SMILES string of the molecule is CC(C)c1ccc(OCC(=O)Nc2cc(Cl)c([N+](=O)[O-])cc2Cl)cc1. The third-order valence-electron chi connectivity index (χ3n) is 3.42. The molecule has 0 fully saturated rings. The van der Waals surface area contributed by atoms with Crippen molar-refractivity contribution in [3.8, 4) is 5.75 Å². The van der Waals surface area contributed by atoms with Crippen LogP contribution in [-0.2, 0) is 4.79 Å². The number of anilines is 1. The zero-order chi connectivity index (χ0) is 18.6. The van der Waals surface area contributed by atoms with Crippen LogP contribution in [0, 0.1) is 10.1 Å². The number of nitrogens with one attached hydrogen (secondary N) is 1. The van der Waals surface area contributed by atoms with Crippen molar-refractivity contribution in [3.05, 3.63) is 62.1 Å². The van der Waals surface area contributed by atoms with Gasteiger partial charge in [-0.2, -0.15) is 0 Å². The van der Waals surface area contributed by atoms with Crippen molar-refractivity contribution in [3.63, 3.8) is 0 Å². The monoisotopic (exact) mass is 382 g/mol. The number of hydrogen-bond acceptors (Lipinski definition) is 4. The Balaban J connectivity index is 1.98. The molecule has 0 aliphatic rings. The highest BCUT2D eigenvalue weighted by atomic mass is 35.5. The van der Waals surface area contributed by atoms with E-state index in [1.54, 1.807) is 12.1 Å². The van der Waals surface area contributed by atoms with E-state index < -0.39 is 10.8 Å². The van der Waals surface area contributed by atoms with Gasteiger partial charge in [0.25, 0.3) is 11.6 Å². The maximum atomic E-state index is 12.0. The Hall–Kier alpha value is -2.31. The number of carbonyl (C=O) groups is 1. The van der Waals surface area contributed by atoms with Gasteiger partial charge < -0.3 is 10.1 Å². The summed E-state index contributed by atoms with van der Waals surface area (Å²) in [5.41, 5.74) is 1.02. The largest absolute Gasteiger partial charge is 0.484 e. The first-order valence-corrected chi connectivity index (χ1v) is 8.19. The fourth-order valence-corrected chi connectivity index (χ4v) is 2.49. The van der Waals surface area contributed by atoms with Crippen LogP contribution in [0.1, 0.15) is 25.3 Å². The van der Waals surface area contributed by atoms with Crippen molar-refractivity contribution in [2.24, 2.45) is 0 Å². The minimum Gasteiger partial charge on any atom is -0.484 e. The highest BCUT2D eigenvalue weighted by Crippen LogP contribution is 2.33. The highest BCUT2D eigenvalue weighted by Gasteiger charge is 2.17. The zero-order valence-corrected chi connectivity index (χ0v) is 15.1. The smallest absolute Gasteiger partial charge is 0.289 e. The Morgan fingerprint density at radius 3 is 2.40 bits per heavy atom. The molecular weight excluding hydrogens is 367 g/mol. The van der Waals surface area contributed by atoms with Gasteiger partial charge in [-0.05, 0) is 29.7 Å². The van der Waals surface area contributed by atoms with Crippen molar-refractivity contribution < 1.29 is 14.5 Å². The van der Waals surface area contributed by atoms with E-state index >= 15 is 0 Å². The molecule has 2 aromatic carbocycles. The number of benzene rings is 2. The number of carbonyl (C=O) groups excluding carboxylic acids is 1. The summed E-state index contributed by atoms with van der Waals surface area (Å²) in [5.74, 6) is 0.513. The van der Waals surface area contributed by atoms with E-state index in [0.717, 1.165) is 6.07 Å². The summed E-state index contributed by atoms with van der Waals surface area (Å²) >= 11 is 11.7. The second-order valence-corrected chi connectivity index (χ2v) is 6.42. The molecule has 132 valence electrons. The average Bonchev–Trinajstić information content (AvgIpc) is 2.56. The molecule has 1 N–H and O–H groups in total. The normalized spacial score (nSPS) is 10.6. The number of halogens is 2. The lowest BCUT2D eigenvalue weighted by atomic mass is 10.0. The first-order valence-electron chi connectivity index (χ1n) is 7.44. The number of amides is 1. The quantitative estimate of drug-likeness (QED) is 0.560. The zero-order valence-electron chi connectivity index (χ0n) is 13.6. The molecule has 0 bridgehead atoms. The molecule has 6 nitrogen and oxygen atoms in total. The fourth-order valence-electron chi connectivity index (χ4n) is 2.06. The third kappa shape index (κ3) is 5.08. The van der Waals surface area contributed by atoms with E-state index in [4.69, 9.17) is 27.9 Å². The standard InChI is InChI=1S/C17H16Cl2N2O4/c1-10(2)11-3-5-12(6-4-11)25-9-17(22)20-15-7-14(19)16(21(23)24)8-13(15)18/h3-8,10H,9H2,1-2H3,(H,20,22). The Bertz CT molecular complexity index is 792. The topological polar surface area (TPSA) is 81.5 Å². The molecule has 0 spiro atoms. The van der Waals surface area contributed by atoms with E-state index in [2.05, 4.69) is 19.2 Å². The molecule has 0 unspecified atom stereocenters. The number of ether oxygens (including phenoxy) is 1. The van der Waals surface area contributed by atoms with Crippen molar-refractivity contribution in [2.75, 3.05) is 11.9 Å². The first-order chi connectivity index (χ1) is 11.8. The molecule has 1 amide bonds. The van der Waals surface area contributed by atoms with Gasteiger partial charge in [0.1, 0.15) is 10.8 Å². The van der Waals surface area contributed by atoms with Crippen LogP contribution in [-0.4, -0.2) is 17.4 Å². The van der Waals surface area contributed by atoms with Gasteiger partial charge in [0, 0.05) is 6.07 Å². The van der Waals surface area contributed by atoms with Crippen LogP contribution in [0.5, 0.6) is 5.75 Å².